The van der Waals surface area contributed by atoms with E-state index < -0.39 is 0 Å². The third-order valence-electron chi connectivity index (χ3n) is 4.48. The molecule has 0 radical (unpaired) electrons. The number of hydrogen-bond acceptors (Lipinski definition) is 4. The van der Waals surface area contributed by atoms with E-state index in [1.54, 1.807) is 20.5 Å². The fourth-order valence-electron chi connectivity index (χ4n) is 3.12. The number of hydrogen-bond donors (Lipinski definition) is 1. The number of methoxy groups -OCH3 is 2. The molecule has 0 aliphatic heterocycles. The zero-order valence-electron chi connectivity index (χ0n) is 15.7. The van der Waals surface area contributed by atoms with Crippen LogP contribution in [0, 0.1) is 0 Å². The van der Waals surface area contributed by atoms with Gasteiger partial charge < -0.3 is 19.2 Å². The van der Waals surface area contributed by atoms with Gasteiger partial charge in [-0.1, -0.05) is 36.4 Å². The Morgan fingerprint density at radius 1 is 0.926 bits per heavy atom. The van der Waals surface area contributed by atoms with Crippen LogP contribution in [0.3, 0.4) is 0 Å². The van der Waals surface area contributed by atoms with Crippen LogP contribution in [0.5, 0.6) is 11.5 Å². The lowest BCUT2D eigenvalue weighted by molar-refractivity contribution is 0.354. The molecule has 27 heavy (non-hydrogen) atoms. The summed E-state index contributed by atoms with van der Waals surface area (Å²) in [5.74, 6) is 2.76. The van der Waals surface area contributed by atoms with E-state index in [4.69, 9.17) is 13.9 Å². The van der Waals surface area contributed by atoms with Crippen LogP contribution < -0.4 is 14.8 Å². The molecule has 4 nitrogen and oxygen atoms in total. The molecule has 0 aliphatic rings. The fraction of sp³-hybridized carbons (Fsp3) is 0.273. The molecule has 1 atom stereocenters. The van der Waals surface area contributed by atoms with Crippen molar-refractivity contribution in [2.24, 2.45) is 0 Å². The Balaban J connectivity index is 0.00000261. The van der Waals surface area contributed by atoms with Crippen molar-refractivity contribution < 1.29 is 13.9 Å². The summed E-state index contributed by atoms with van der Waals surface area (Å²) in [6.07, 6.45) is 2.70. The lowest BCUT2D eigenvalue weighted by atomic mass is 9.93. The van der Waals surface area contributed by atoms with Crippen molar-refractivity contribution in [2.75, 3.05) is 20.8 Å². The molecule has 2 aromatic carbocycles. The molecular formula is C22H26ClNO3. The maximum absolute atomic E-state index is 5.66. The van der Waals surface area contributed by atoms with Gasteiger partial charge in [0.15, 0.2) is 11.5 Å². The van der Waals surface area contributed by atoms with Crippen molar-refractivity contribution >= 4 is 12.4 Å². The van der Waals surface area contributed by atoms with Gasteiger partial charge in [-0.15, -0.1) is 12.4 Å². The van der Waals surface area contributed by atoms with Gasteiger partial charge in [0.2, 0.25) is 0 Å². The fourth-order valence-corrected chi connectivity index (χ4v) is 3.12. The quantitative estimate of drug-likeness (QED) is 0.523. The molecule has 1 unspecified atom stereocenters. The predicted octanol–water partition coefficient (Wildman–Crippen LogP) is 5.03. The third kappa shape index (κ3) is 5.52. The number of ether oxygens (including phenoxy) is 2. The van der Waals surface area contributed by atoms with E-state index in [1.165, 1.54) is 5.56 Å². The van der Waals surface area contributed by atoms with Gasteiger partial charge in [0.05, 0.1) is 20.5 Å². The summed E-state index contributed by atoms with van der Waals surface area (Å²) in [5.41, 5.74) is 2.44. The van der Waals surface area contributed by atoms with Gasteiger partial charge >= 0.3 is 0 Å². The van der Waals surface area contributed by atoms with Crippen LogP contribution in [0.25, 0.3) is 0 Å². The number of halogens is 1. The second-order valence-corrected chi connectivity index (χ2v) is 6.13. The third-order valence-corrected chi connectivity index (χ3v) is 4.48. The van der Waals surface area contributed by atoms with E-state index in [0.29, 0.717) is 0 Å². The van der Waals surface area contributed by atoms with Crippen molar-refractivity contribution in [2.45, 2.75) is 18.9 Å². The van der Waals surface area contributed by atoms with Crippen LogP contribution in [0.1, 0.15) is 29.2 Å². The Labute approximate surface area is 166 Å². The van der Waals surface area contributed by atoms with Crippen LogP contribution in [0.15, 0.2) is 71.3 Å². The Morgan fingerprint density at radius 2 is 1.70 bits per heavy atom. The smallest absolute Gasteiger partial charge is 0.161 e. The minimum atomic E-state index is 0. The average molecular weight is 388 g/mol. The van der Waals surface area contributed by atoms with Gasteiger partial charge in [-0.3, -0.25) is 0 Å². The summed E-state index contributed by atoms with van der Waals surface area (Å²) in [4.78, 5) is 0. The Bertz CT molecular complexity index is 791. The molecule has 5 heteroatoms. The second kappa shape index (κ2) is 10.7. The van der Waals surface area contributed by atoms with Crippen LogP contribution >= 0.6 is 12.4 Å². The lowest BCUT2D eigenvalue weighted by Crippen LogP contribution is -2.17. The van der Waals surface area contributed by atoms with E-state index in [9.17, 15) is 0 Å². The first-order valence-corrected chi connectivity index (χ1v) is 8.81. The van der Waals surface area contributed by atoms with Gasteiger partial charge in [0.1, 0.15) is 5.76 Å². The van der Waals surface area contributed by atoms with Crippen LogP contribution in [-0.2, 0) is 6.54 Å². The molecule has 144 valence electrons. The lowest BCUT2D eigenvalue weighted by Gasteiger charge is -2.16. The predicted molar refractivity (Wildman–Crippen MR) is 110 cm³/mol. The van der Waals surface area contributed by atoms with Gasteiger partial charge in [-0.05, 0) is 48.4 Å². The Hall–Kier alpha value is -2.43. The zero-order chi connectivity index (χ0) is 18.2. The summed E-state index contributed by atoms with van der Waals surface area (Å²) in [5, 5.41) is 3.51. The largest absolute Gasteiger partial charge is 0.493 e. The Morgan fingerprint density at radius 3 is 2.37 bits per heavy atom. The maximum atomic E-state index is 5.66. The average Bonchev–Trinajstić information content (AvgIpc) is 3.23. The summed E-state index contributed by atoms with van der Waals surface area (Å²) < 4.78 is 16.3. The highest BCUT2D eigenvalue weighted by Gasteiger charge is 2.16. The van der Waals surface area contributed by atoms with Gasteiger partial charge in [0, 0.05) is 12.5 Å². The molecule has 1 heterocycles. The summed E-state index contributed by atoms with van der Waals surface area (Å²) in [6.45, 7) is 1.66. The first-order chi connectivity index (χ1) is 12.8. The maximum Gasteiger partial charge on any atom is 0.161 e. The van der Waals surface area contributed by atoms with Crippen LogP contribution in [0.2, 0.25) is 0 Å². The van der Waals surface area contributed by atoms with Crippen LogP contribution in [0.4, 0.5) is 0 Å². The van der Waals surface area contributed by atoms with E-state index in [2.05, 4.69) is 35.6 Å². The molecule has 1 N–H and O–H groups in total. The SMILES string of the molecule is COc1ccc(CNCCC(c2ccccc2)c2ccco2)cc1OC.Cl. The summed E-state index contributed by atoms with van der Waals surface area (Å²) >= 11 is 0. The van der Waals surface area contributed by atoms with Crippen LogP contribution in [-0.4, -0.2) is 20.8 Å². The van der Waals surface area contributed by atoms with Crippen molar-refractivity contribution in [1.29, 1.82) is 0 Å². The minimum Gasteiger partial charge on any atom is -0.493 e. The molecule has 0 aliphatic carbocycles. The molecule has 0 spiro atoms. The van der Waals surface area contributed by atoms with Crippen molar-refractivity contribution in [3.63, 3.8) is 0 Å². The molecule has 0 saturated heterocycles. The molecule has 3 aromatic rings. The van der Waals surface area contributed by atoms with E-state index >= 15 is 0 Å². The van der Waals surface area contributed by atoms with Gasteiger partial charge in [0.25, 0.3) is 0 Å². The topological polar surface area (TPSA) is 43.6 Å². The molecule has 0 bridgehead atoms. The molecular weight excluding hydrogens is 362 g/mol. The highest BCUT2D eigenvalue weighted by molar-refractivity contribution is 5.85. The number of nitrogens with one attached hydrogen (secondary N) is 1. The highest BCUT2D eigenvalue weighted by Crippen LogP contribution is 2.29. The minimum absolute atomic E-state index is 0. The van der Waals surface area contributed by atoms with Gasteiger partial charge in [-0.25, -0.2) is 0 Å². The monoisotopic (exact) mass is 387 g/mol. The van der Waals surface area contributed by atoms with Crippen molar-refractivity contribution in [3.8, 4) is 11.5 Å². The van der Waals surface area contributed by atoms with Crippen molar-refractivity contribution in [3.05, 3.63) is 83.8 Å². The first-order valence-electron chi connectivity index (χ1n) is 8.81. The number of rotatable bonds is 9. The van der Waals surface area contributed by atoms with Gasteiger partial charge in [-0.2, -0.15) is 0 Å². The zero-order valence-corrected chi connectivity index (χ0v) is 16.5. The van der Waals surface area contributed by atoms with E-state index in [0.717, 1.165) is 42.3 Å². The summed E-state index contributed by atoms with van der Waals surface area (Å²) in [7, 11) is 3.30. The van der Waals surface area contributed by atoms with E-state index in [1.807, 2.05) is 30.3 Å². The van der Waals surface area contributed by atoms with Crippen molar-refractivity contribution in [1.82, 2.24) is 5.32 Å². The molecule has 1 aromatic heterocycles. The normalized spacial score (nSPS) is 11.5. The highest BCUT2D eigenvalue weighted by atomic mass is 35.5. The Kier molecular flexibility index (Phi) is 8.24. The first kappa shape index (κ1) is 20.9. The number of furan rings is 1. The number of benzene rings is 2. The molecule has 0 amide bonds. The standard InChI is InChI=1S/C22H25NO3.ClH/c1-24-21-11-10-17(15-22(21)25-2)16-23-13-12-19(20-9-6-14-26-20)18-7-4-3-5-8-18;/h3-11,14-15,19,23H,12-13,16H2,1-2H3;1H. The molecule has 0 saturated carbocycles. The molecule has 0 fully saturated rings. The second-order valence-electron chi connectivity index (χ2n) is 6.13. The summed E-state index contributed by atoms with van der Waals surface area (Å²) in [6, 6.07) is 20.5. The van der Waals surface area contributed by atoms with E-state index in [-0.39, 0.29) is 18.3 Å². The molecule has 3 rings (SSSR count).